The maximum atomic E-state index is 13.2. The summed E-state index contributed by atoms with van der Waals surface area (Å²) in [5, 5.41) is 0. The smallest absolute Gasteiger partial charge is 0.342 e. The standard InChI is InChI=1S/C18H14F2O3/c1-12(21)15(9-14-7-8-16(19)17(20)10-14)18(22)23-11-13-5-3-2-4-6-13/h2-10H,11H2,1H3. The third-order valence-corrected chi connectivity index (χ3v) is 3.07. The molecule has 118 valence electrons. The van der Waals surface area contributed by atoms with E-state index in [0.29, 0.717) is 0 Å². The van der Waals surface area contributed by atoms with Crippen LogP contribution in [0, 0.1) is 11.6 Å². The van der Waals surface area contributed by atoms with Gasteiger partial charge in [0.15, 0.2) is 17.4 Å². The molecule has 0 spiro atoms. The van der Waals surface area contributed by atoms with E-state index >= 15 is 0 Å². The topological polar surface area (TPSA) is 43.4 Å². The van der Waals surface area contributed by atoms with Crippen LogP contribution < -0.4 is 0 Å². The van der Waals surface area contributed by atoms with Crippen molar-refractivity contribution in [1.82, 2.24) is 0 Å². The molecule has 0 aliphatic rings. The molecule has 5 heteroatoms. The summed E-state index contributed by atoms with van der Waals surface area (Å²) in [7, 11) is 0. The Bertz CT molecular complexity index is 752. The zero-order valence-corrected chi connectivity index (χ0v) is 12.4. The fourth-order valence-electron chi connectivity index (χ4n) is 1.87. The lowest BCUT2D eigenvalue weighted by molar-refractivity contribution is -0.141. The zero-order valence-electron chi connectivity index (χ0n) is 12.4. The maximum absolute atomic E-state index is 13.2. The van der Waals surface area contributed by atoms with Crippen molar-refractivity contribution in [3.8, 4) is 0 Å². The van der Waals surface area contributed by atoms with E-state index in [1.165, 1.54) is 19.1 Å². The van der Waals surface area contributed by atoms with Gasteiger partial charge in [-0.15, -0.1) is 0 Å². The third-order valence-electron chi connectivity index (χ3n) is 3.07. The first-order valence-corrected chi connectivity index (χ1v) is 6.86. The number of hydrogen-bond donors (Lipinski definition) is 0. The third kappa shape index (κ3) is 4.57. The molecule has 2 aromatic rings. The summed E-state index contributed by atoms with van der Waals surface area (Å²) in [6.07, 6.45) is 1.18. The number of benzene rings is 2. The molecule has 2 rings (SSSR count). The van der Waals surface area contributed by atoms with E-state index in [0.717, 1.165) is 17.7 Å². The van der Waals surface area contributed by atoms with Gasteiger partial charge in [0, 0.05) is 0 Å². The molecule has 3 nitrogen and oxygen atoms in total. The molecule has 23 heavy (non-hydrogen) atoms. The normalized spacial score (nSPS) is 11.2. The zero-order chi connectivity index (χ0) is 16.8. The second-order valence-electron chi connectivity index (χ2n) is 4.85. The van der Waals surface area contributed by atoms with Crippen LogP contribution in [0.25, 0.3) is 6.08 Å². The number of esters is 1. The molecule has 0 aliphatic heterocycles. The van der Waals surface area contributed by atoms with Crippen molar-refractivity contribution in [1.29, 1.82) is 0 Å². The number of ether oxygens (including phenoxy) is 1. The van der Waals surface area contributed by atoms with Gasteiger partial charge < -0.3 is 4.74 Å². The lowest BCUT2D eigenvalue weighted by atomic mass is 10.1. The molecule has 0 bridgehead atoms. The Balaban J connectivity index is 2.16. The van der Waals surface area contributed by atoms with Crippen LogP contribution in [0.5, 0.6) is 0 Å². The van der Waals surface area contributed by atoms with Gasteiger partial charge in [-0.2, -0.15) is 0 Å². The molecule has 0 saturated heterocycles. The van der Waals surface area contributed by atoms with Crippen LogP contribution in [0.15, 0.2) is 54.1 Å². The van der Waals surface area contributed by atoms with Crippen molar-refractivity contribution in [2.75, 3.05) is 0 Å². The van der Waals surface area contributed by atoms with Gasteiger partial charge in [-0.3, -0.25) is 4.79 Å². The van der Waals surface area contributed by atoms with Crippen LogP contribution in [0.2, 0.25) is 0 Å². The fourth-order valence-corrected chi connectivity index (χ4v) is 1.87. The van der Waals surface area contributed by atoms with Crippen LogP contribution in [0.3, 0.4) is 0 Å². The Morgan fingerprint density at radius 2 is 1.74 bits per heavy atom. The molecule has 0 N–H and O–H groups in total. The monoisotopic (exact) mass is 316 g/mol. The summed E-state index contributed by atoms with van der Waals surface area (Å²) < 4.78 is 31.2. The Hall–Kier alpha value is -2.82. The van der Waals surface area contributed by atoms with E-state index < -0.39 is 23.4 Å². The SMILES string of the molecule is CC(=O)C(=Cc1ccc(F)c(F)c1)C(=O)OCc1ccccc1. The fraction of sp³-hybridized carbons (Fsp3) is 0.111. The van der Waals surface area contributed by atoms with E-state index in [1.54, 1.807) is 24.3 Å². The minimum Gasteiger partial charge on any atom is -0.457 e. The minimum absolute atomic E-state index is 0.0159. The molecule has 0 fully saturated rings. The number of rotatable bonds is 5. The van der Waals surface area contributed by atoms with Gasteiger partial charge in [0.25, 0.3) is 0 Å². The molecular weight excluding hydrogens is 302 g/mol. The molecular formula is C18H14F2O3. The average Bonchev–Trinajstić information content (AvgIpc) is 2.54. The lowest BCUT2D eigenvalue weighted by Crippen LogP contribution is -2.13. The summed E-state index contributed by atoms with van der Waals surface area (Å²) in [6, 6.07) is 12.1. The van der Waals surface area contributed by atoms with Crippen molar-refractivity contribution >= 4 is 17.8 Å². The predicted molar refractivity (Wildman–Crippen MR) is 81.3 cm³/mol. The van der Waals surface area contributed by atoms with Crippen molar-refractivity contribution in [2.45, 2.75) is 13.5 Å². The van der Waals surface area contributed by atoms with Gasteiger partial charge in [0.1, 0.15) is 12.2 Å². The first kappa shape index (κ1) is 16.5. The van der Waals surface area contributed by atoms with Crippen molar-refractivity contribution < 1.29 is 23.1 Å². The Labute approximate surface area is 132 Å². The number of carbonyl (C=O) groups excluding carboxylic acids is 2. The van der Waals surface area contributed by atoms with Crippen LogP contribution >= 0.6 is 0 Å². The van der Waals surface area contributed by atoms with Crippen LogP contribution in [-0.2, 0) is 20.9 Å². The van der Waals surface area contributed by atoms with Gasteiger partial charge in [0.05, 0.1) is 0 Å². The summed E-state index contributed by atoms with van der Waals surface area (Å²) in [6.45, 7) is 1.22. The van der Waals surface area contributed by atoms with Gasteiger partial charge in [-0.1, -0.05) is 36.4 Å². The van der Waals surface area contributed by atoms with Crippen molar-refractivity contribution in [2.24, 2.45) is 0 Å². The quantitative estimate of drug-likeness (QED) is 0.366. The molecule has 0 saturated carbocycles. The Morgan fingerprint density at radius 3 is 2.35 bits per heavy atom. The number of Topliss-reactive ketones (excluding diaryl/α,β-unsaturated/α-hetero) is 1. The molecule has 0 heterocycles. The summed E-state index contributed by atoms with van der Waals surface area (Å²) >= 11 is 0. The first-order valence-electron chi connectivity index (χ1n) is 6.86. The number of ketones is 1. The highest BCUT2D eigenvalue weighted by Gasteiger charge is 2.16. The molecule has 0 amide bonds. The molecule has 0 atom stereocenters. The van der Waals surface area contributed by atoms with Gasteiger partial charge in [-0.05, 0) is 36.3 Å². The molecule has 0 aliphatic carbocycles. The maximum Gasteiger partial charge on any atom is 0.342 e. The summed E-state index contributed by atoms with van der Waals surface area (Å²) in [5.41, 5.74) is 0.745. The molecule has 2 aromatic carbocycles. The van der Waals surface area contributed by atoms with Gasteiger partial charge in [-0.25, -0.2) is 13.6 Å². The van der Waals surface area contributed by atoms with E-state index in [1.807, 2.05) is 6.07 Å². The highest BCUT2D eigenvalue weighted by molar-refractivity contribution is 6.19. The van der Waals surface area contributed by atoms with Gasteiger partial charge >= 0.3 is 5.97 Å². The second-order valence-corrected chi connectivity index (χ2v) is 4.85. The van der Waals surface area contributed by atoms with Crippen molar-refractivity contribution in [3.63, 3.8) is 0 Å². The minimum atomic E-state index is -1.06. The van der Waals surface area contributed by atoms with Crippen molar-refractivity contribution in [3.05, 3.63) is 76.9 Å². The Kier molecular flexibility index (Phi) is 5.36. The highest BCUT2D eigenvalue weighted by Crippen LogP contribution is 2.14. The van der Waals surface area contributed by atoms with Crippen LogP contribution in [0.1, 0.15) is 18.1 Å². The average molecular weight is 316 g/mol. The number of hydrogen-bond acceptors (Lipinski definition) is 3. The highest BCUT2D eigenvalue weighted by atomic mass is 19.2. The second kappa shape index (κ2) is 7.45. The van der Waals surface area contributed by atoms with Crippen LogP contribution in [0.4, 0.5) is 8.78 Å². The first-order chi connectivity index (χ1) is 11.0. The summed E-state index contributed by atoms with van der Waals surface area (Å²) in [4.78, 5) is 23.7. The van der Waals surface area contributed by atoms with E-state index in [2.05, 4.69) is 0 Å². The molecule has 0 aromatic heterocycles. The predicted octanol–water partition coefficient (Wildman–Crippen LogP) is 3.68. The molecule has 0 unspecified atom stereocenters. The Morgan fingerprint density at radius 1 is 1.04 bits per heavy atom. The number of halogens is 2. The largest absolute Gasteiger partial charge is 0.457 e. The van der Waals surface area contributed by atoms with E-state index in [4.69, 9.17) is 4.74 Å². The van der Waals surface area contributed by atoms with E-state index in [-0.39, 0.29) is 17.7 Å². The summed E-state index contributed by atoms with van der Waals surface area (Å²) in [5.74, 6) is -3.39. The van der Waals surface area contributed by atoms with Crippen LogP contribution in [-0.4, -0.2) is 11.8 Å². The van der Waals surface area contributed by atoms with E-state index in [9.17, 15) is 18.4 Å². The lowest BCUT2D eigenvalue weighted by Gasteiger charge is -2.06. The van der Waals surface area contributed by atoms with Gasteiger partial charge in [0.2, 0.25) is 0 Å². The molecule has 0 radical (unpaired) electrons. The number of carbonyl (C=O) groups is 2.